The van der Waals surface area contributed by atoms with Gasteiger partial charge in [-0.15, -0.1) is 0 Å². The van der Waals surface area contributed by atoms with E-state index in [2.05, 4.69) is 31.2 Å². The Balaban J connectivity index is 1.82. The predicted molar refractivity (Wildman–Crippen MR) is 82.8 cm³/mol. The van der Waals surface area contributed by atoms with Gasteiger partial charge in [-0.3, -0.25) is 0 Å². The zero-order valence-corrected chi connectivity index (χ0v) is 12.8. The third-order valence-corrected chi connectivity index (χ3v) is 4.92. The molecular weight excluding hydrogens is 248 g/mol. The number of methoxy groups -OCH3 is 1. The molecule has 1 unspecified atom stereocenters. The summed E-state index contributed by atoms with van der Waals surface area (Å²) in [4.78, 5) is 0. The summed E-state index contributed by atoms with van der Waals surface area (Å²) in [5, 5.41) is 10.6. The number of rotatable bonds is 6. The van der Waals surface area contributed by atoms with E-state index in [9.17, 15) is 5.11 Å². The van der Waals surface area contributed by atoms with Crippen molar-refractivity contribution in [3.05, 3.63) is 35.9 Å². The highest BCUT2D eigenvalue weighted by atomic mass is 16.5. The molecule has 0 aliphatic heterocycles. The third kappa shape index (κ3) is 3.83. The van der Waals surface area contributed by atoms with Crippen LogP contribution >= 0.6 is 0 Å². The van der Waals surface area contributed by atoms with Crippen LogP contribution in [0.25, 0.3) is 0 Å². The van der Waals surface area contributed by atoms with Crippen LogP contribution in [-0.4, -0.2) is 23.9 Å². The van der Waals surface area contributed by atoms with E-state index < -0.39 is 0 Å². The molecule has 1 atom stereocenters. The average Bonchev–Trinajstić information content (AvgIpc) is 2.49. The Morgan fingerprint density at radius 2 is 1.90 bits per heavy atom. The smallest absolute Gasteiger partial charge is 0.0936 e. The molecule has 0 amide bonds. The molecule has 1 N–H and O–H groups in total. The summed E-state index contributed by atoms with van der Waals surface area (Å²) < 4.78 is 5.74. The van der Waals surface area contributed by atoms with Gasteiger partial charge in [0.15, 0.2) is 0 Å². The molecule has 0 saturated heterocycles. The van der Waals surface area contributed by atoms with Crippen molar-refractivity contribution in [2.45, 2.75) is 63.6 Å². The molecule has 0 spiro atoms. The quantitative estimate of drug-likeness (QED) is 0.852. The Morgan fingerprint density at radius 1 is 1.25 bits per heavy atom. The standard InChI is InChI=1S/C18H28O2/c1-15-11-13-18(20-2,14-12-15)17(19)10-6-9-16-7-4-3-5-8-16/h3-5,7-8,15,17,19H,6,9-14H2,1-2H3. The molecule has 112 valence electrons. The number of aryl methyl sites for hydroxylation is 1. The Hall–Kier alpha value is -0.860. The van der Waals surface area contributed by atoms with E-state index in [0.717, 1.165) is 38.0 Å². The van der Waals surface area contributed by atoms with E-state index in [4.69, 9.17) is 4.74 Å². The number of ether oxygens (including phenoxy) is 1. The van der Waals surface area contributed by atoms with Crippen LogP contribution in [0.15, 0.2) is 30.3 Å². The highest BCUT2D eigenvalue weighted by molar-refractivity contribution is 5.14. The van der Waals surface area contributed by atoms with Gasteiger partial charge in [0.2, 0.25) is 0 Å². The maximum Gasteiger partial charge on any atom is 0.0936 e. The maximum atomic E-state index is 10.6. The fourth-order valence-corrected chi connectivity index (χ4v) is 3.33. The van der Waals surface area contributed by atoms with Crippen LogP contribution in [0.3, 0.4) is 0 Å². The molecule has 2 heteroatoms. The first-order chi connectivity index (χ1) is 9.66. The normalized spacial score (nSPS) is 28.2. The minimum atomic E-state index is -0.330. The van der Waals surface area contributed by atoms with Gasteiger partial charge in [0, 0.05) is 7.11 Å². The Labute approximate surface area is 123 Å². The van der Waals surface area contributed by atoms with Crippen LogP contribution in [0.2, 0.25) is 0 Å². The van der Waals surface area contributed by atoms with Gasteiger partial charge in [-0.2, -0.15) is 0 Å². The first kappa shape index (κ1) is 15.5. The summed E-state index contributed by atoms with van der Waals surface area (Å²) in [5.41, 5.74) is 1.06. The average molecular weight is 276 g/mol. The molecule has 2 nitrogen and oxygen atoms in total. The SMILES string of the molecule is COC1(C(O)CCCc2ccccc2)CCC(C)CC1. The summed E-state index contributed by atoms with van der Waals surface area (Å²) in [6, 6.07) is 10.5. The molecule has 2 rings (SSSR count). The molecule has 0 bridgehead atoms. The van der Waals surface area contributed by atoms with Gasteiger partial charge in [0.25, 0.3) is 0 Å². The van der Waals surface area contributed by atoms with Gasteiger partial charge in [0.1, 0.15) is 0 Å². The van der Waals surface area contributed by atoms with Gasteiger partial charge >= 0.3 is 0 Å². The molecule has 20 heavy (non-hydrogen) atoms. The van der Waals surface area contributed by atoms with Gasteiger partial charge < -0.3 is 9.84 Å². The zero-order valence-electron chi connectivity index (χ0n) is 12.8. The lowest BCUT2D eigenvalue weighted by Crippen LogP contribution is -2.46. The molecule has 1 aliphatic rings. The topological polar surface area (TPSA) is 29.5 Å². The van der Waals surface area contributed by atoms with E-state index in [1.807, 2.05) is 6.07 Å². The van der Waals surface area contributed by atoms with E-state index in [0.29, 0.717) is 0 Å². The van der Waals surface area contributed by atoms with Crippen LogP contribution in [0.1, 0.15) is 51.0 Å². The van der Waals surface area contributed by atoms with Crippen LogP contribution in [0, 0.1) is 5.92 Å². The summed E-state index contributed by atoms with van der Waals surface area (Å²) in [5.74, 6) is 0.773. The number of hydrogen-bond donors (Lipinski definition) is 1. The van der Waals surface area contributed by atoms with E-state index >= 15 is 0 Å². The van der Waals surface area contributed by atoms with Crippen molar-refractivity contribution in [2.24, 2.45) is 5.92 Å². The van der Waals surface area contributed by atoms with Crippen molar-refractivity contribution in [2.75, 3.05) is 7.11 Å². The van der Waals surface area contributed by atoms with Crippen LogP contribution in [-0.2, 0) is 11.2 Å². The second-order valence-corrected chi connectivity index (χ2v) is 6.35. The Morgan fingerprint density at radius 3 is 2.50 bits per heavy atom. The Bertz CT molecular complexity index is 380. The fourth-order valence-electron chi connectivity index (χ4n) is 3.33. The summed E-state index contributed by atoms with van der Waals surface area (Å²) in [6.07, 6.45) is 6.89. The van der Waals surface area contributed by atoms with E-state index in [1.165, 1.54) is 18.4 Å². The molecule has 1 aromatic carbocycles. The van der Waals surface area contributed by atoms with Gasteiger partial charge in [0.05, 0.1) is 11.7 Å². The fraction of sp³-hybridized carbons (Fsp3) is 0.667. The van der Waals surface area contributed by atoms with Crippen molar-refractivity contribution in [3.63, 3.8) is 0 Å². The lowest BCUT2D eigenvalue weighted by molar-refractivity contribution is -0.130. The summed E-state index contributed by atoms with van der Waals surface area (Å²) in [7, 11) is 1.76. The summed E-state index contributed by atoms with van der Waals surface area (Å²) >= 11 is 0. The van der Waals surface area contributed by atoms with E-state index in [-0.39, 0.29) is 11.7 Å². The highest BCUT2D eigenvalue weighted by Gasteiger charge is 2.40. The first-order valence-electron chi connectivity index (χ1n) is 7.93. The molecule has 1 aliphatic carbocycles. The number of aliphatic hydroxyl groups excluding tert-OH is 1. The van der Waals surface area contributed by atoms with Gasteiger partial charge in [-0.1, -0.05) is 37.3 Å². The molecule has 1 fully saturated rings. The lowest BCUT2D eigenvalue weighted by Gasteiger charge is -2.41. The van der Waals surface area contributed by atoms with Crippen molar-refractivity contribution in [1.82, 2.24) is 0 Å². The molecule has 0 radical (unpaired) electrons. The largest absolute Gasteiger partial charge is 0.390 e. The van der Waals surface area contributed by atoms with Gasteiger partial charge in [-0.25, -0.2) is 0 Å². The summed E-state index contributed by atoms with van der Waals surface area (Å²) in [6.45, 7) is 2.29. The Kier molecular flexibility index (Phi) is 5.62. The monoisotopic (exact) mass is 276 g/mol. The second kappa shape index (κ2) is 7.24. The van der Waals surface area contributed by atoms with Crippen molar-refractivity contribution < 1.29 is 9.84 Å². The number of hydrogen-bond acceptors (Lipinski definition) is 2. The lowest BCUT2D eigenvalue weighted by atomic mass is 9.75. The molecule has 1 saturated carbocycles. The minimum absolute atomic E-state index is 0.288. The molecular formula is C18H28O2. The zero-order chi connectivity index (χ0) is 14.4. The first-order valence-corrected chi connectivity index (χ1v) is 7.93. The molecule has 0 aromatic heterocycles. The number of aliphatic hydroxyl groups is 1. The van der Waals surface area contributed by atoms with Crippen LogP contribution < -0.4 is 0 Å². The van der Waals surface area contributed by atoms with Crippen molar-refractivity contribution in [3.8, 4) is 0 Å². The molecule has 0 heterocycles. The van der Waals surface area contributed by atoms with Crippen molar-refractivity contribution in [1.29, 1.82) is 0 Å². The van der Waals surface area contributed by atoms with Crippen molar-refractivity contribution >= 4 is 0 Å². The number of benzene rings is 1. The van der Waals surface area contributed by atoms with Crippen LogP contribution in [0.4, 0.5) is 0 Å². The minimum Gasteiger partial charge on any atom is -0.390 e. The highest BCUT2D eigenvalue weighted by Crippen LogP contribution is 2.38. The van der Waals surface area contributed by atoms with Crippen LogP contribution in [0.5, 0.6) is 0 Å². The maximum absolute atomic E-state index is 10.6. The predicted octanol–water partition coefficient (Wildman–Crippen LogP) is 3.97. The van der Waals surface area contributed by atoms with Gasteiger partial charge in [-0.05, 0) is 56.4 Å². The molecule has 1 aromatic rings. The van der Waals surface area contributed by atoms with E-state index in [1.54, 1.807) is 7.11 Å². The third-order valence-electron chi connectivity index (χ3n) is 4.92. The second-order valence-electron chi connectivity index (χ2n) is 6.35.